The molecule has 3 rings (SSSR count). The van der Waals surface area contributed by atoms with Crippen LogP contribution < -0.4 is 11.2 Å². The third-order valence-electron chi connectivity index (χ3n) is 3.68. The van der Waals surface area contributed by atoms with Gasteiger partial charge in [0.25, 0.3) is 0 Å². The van der Waals surface area contributed by atoms with Gasteiger partial charge in [-0.25, -0.2) is 4.68 Å². The lowest BCUT2D eigenvalue weighted by molar-refractivity contribution is -0.115. The molecule has 0 bridgehead atoms. The summed E-state index contributed by atoms with van der Waals surface area (Å²) in [6.07, 6.45) is 0. The molecule has 27 heavy (non-hydrogen) atoms. The van der Waals surface area contributed by atoms with E-state index in [0.717, 1.165) is 5.56 Å². The van der Waals surface area contributed by atoms with E-state index in [0.29, 0.717) is 27.3 Å². The number of anilines is 1. The molecular weight excluding hydrogens is 384 g/mol. The van der Waals surface area contributed by atoms with Gasteiger partial charge in [0.1, 0.15) is 0 Å². The highest BCUT2D eigenvalue weighted by atomic mass is 35.5. The minimum Gasteiger partial charge on any atom is -0.335 e. The van der Waals surface area contributed by atoms with Crippen LogP contribution in [0.4, 0.5) is 5.69 Å². The number of nitrogens with one attached hydrogen (secondary N) is 1. The van der Waals surface area contributed by atoms with Crippen molar-refractivity contribution in [1.29, 1.82) is 5.26 Å². The second-order valence-electron chi connectivity index (χ2n) is 5.63. The number of thioether (sulfide) groups is 1. The van der Waals surface area contributed by atoms with E-state index in [1.807, 2.05) is 12.1 Å². The van der Waals surface area contributed by atoms with E-state index in [1.54, 1.807) is 49.4 Å². The van der Waals surface area contributed by atoms with Crippen LogP contribution >= 0.6 is 23.4 Å². The molecule has 1 aromatic heterocycles. The van der Waals surface area contributed by atoms with Gasteiger partial charge in [0.2, 0.25) is 11.1 Å². The summed E-state index contributed by atoms with van der Waals surface area (Å²) < 4.78 is 1.34. The van der Waals surface area contributed by atoms with Crippen molar-refractivity contribution in [1.82, 2.24) is 14.9 Å². The first kappa shape index (κ1) is 18.8. The van der Waals surface area contributed by atoms with Crippen molar-refractivity contribution in [2.24, 2.45) is 0 Å². The number of nitriles is 1. The normalized spacial score (nSPS) is 11.6. The Hall–Kier alpha value is -3.02. The molecule has 3 N–H and O–H groups in total. The van der Waals surface area contributed by atoms with Crippen LogP contribution in [-0.2, 0) is 4.79 Å². The molecule has 3 aromatic rings. The number of carbonyl (C=O) groups is 1. The first-order valence-corrected chi connectivity index (χ1v) is 9.18. The van der Waals surface area contributed by atoms with Crippen LogP contribution in [0, 0.1) is 11.3 Å². The summed E-state index contributed by atoms with van der Waals surface area (Å²) in [6.45, 7) is 1.75. The predicted octanol–water partition coefficient (Wildman–Crippen LogP) is 3.30. The van der Waals surface area contributed by atoms with Crippen molar-refractivity contribution >= 4 is 35.0 Å². The quantitative estimate of drug-likeness (QED) is 0.504. The van der Waals surface area contributed by atoms with E-state index in [2.05, 4.69) is 15.5 Å². The van der Waals surface area contributed by atoms with Gasteiger partial charge in [0.15, 0.2) is 5.82 Å². The number of nitrogen functional groups attached to an aromatic ring is 1. The SMILES string of the molecule is C[C@@H](Sc1nnc(-c2cccc(Cl)c2)n1N)C(=O)Nc1ccc(C#N)cc1. The zero-order valence-corrected chi connectivity index (χ0v) is 15.8. The summed E-state index contributed by atoms with van der Waals surface area (Å²) in [7, 11) is 0. The number of amides is 1. The van der Waals surface area contributed by atoms with E-state index >= 15 is 0 Å². The molecular formula is C18H15ClN6OS. The Morgan fingerprint density at radius 2 is 2.04 bits per heavy atom. The van der Waals surface area contributed by atoms with Crippen molar-refractivity contribution in [3.8, 4) is 17.5 Å². The Morgan fingerprint density at radius 3 is 2.70 bits per heavy atom. The maximum atomic E-state index is 12.4. The molecule has 136 valence electrons. The molecule has 0 aliphatic rings. The molecule has 2 aromatic carbocycles. The van der Waals surface area contributed by atoms with Crippen LogP contribution in [0.15, 0.2) is 53.7 Å². The number of nitrogens with zero attached hydrogens (tertiary/aromatic N) is 4. The number of carbonyl (C=O) groups excluding carboxylic acids is 1. The summed E-state index contributed by atoms with van der Waals surface area (Å²) in [6, 6.07) is 15.8. The zero-order chi connectivity index (χ0) is 19.4. The number of halogens is 1. The number of rotatable bonds is 5. The number of benzene rings is 2. The molecule has 9 heteroatoms. The third kappa shape index (κ3) is 4.39. The van der Waals surface area contributed by atoms with Crippen LogP contribution in [0.25, 0.3) is 11.4 Å². The van der Waals surface area contributed by atoms with Crippen molar-refractivity contribution in [3.63, 3.8) is 0 Å². The van der Waals surface area contributed by atoms with Gasteiger partial charge in [0, 0.05) is 16.3 Å². The lowest BCUT2D eigenvalue weighted by atomic mass is 10.2. The maximum absolute atomic E-state index is 12.4. The lowest BCUT2D eigenvalue weighted by Gasteiger charge is -2.11. The Balaban J connectivity index is 1.69. The van der Waals surface area contributed by atoms with E-state index in [9.17, 15) is 4.79 Å². The first-order valence-electron chi connectivity index (χ1n) is 7.92. The van der Waals surface area contributed by atoms with Gasteiger partial charge in [-0.05, 0) is 43.3 Å². The highest BCUT2D eigenvalue weighted by molar-refractivity contribution is 8.00. The van der Waals surface area contributed by atoms with Crippen LogP contribution in [0.3, 0.4) is 0 Å². The molecule has 1 heterocycles. The second kappa shape index (κ2) is 8.12. The number of hydrogen-bond donors (Lipinski definition) is 2. The molecule has 0 unspecified atom stereocenters. The Labute approximate surface area is 165 Å². The van der Waals surface area contributed by atoms with Gasteiger partial charge in [0.05, 0.1) is 16.9 Å². The number of nitrogens with two attached hydrogens (primary N) is 1. The molecule has 1 amide bonds. The molecule has 0 aliphatic carbocycles. The molecule has 1 atom stereocenters. The Morgan fingerprint density at radius 1 is 1.30 bits per heavy atom. The molecule has 0 aliphatic heterocycles. The minimum absolute atomic E-state index is 0.211. The fourth-order valence-corrected chi connectivity index (χ4v) is 3.23. The number of aromatic nitrogens is 3. The fraction of sp³-hybridized carbons (Fsp3) is 0.111. The maximum Gasteiger partial charge on any atom is 0.237 e. The molecule has 0 spiro atoms. The summed E-state index contributed by atoms with van der Waals surface area (Å²) in [5.41, 5.74) is 1.87. The third-order valence-corrected chi connectivity index (χ3v) is 4.97. The van der Waals surface area contributed by atoms with E-state index in [1.165, 1.54) is 16.4 Å². The summed E-state index contributed by atoms with van der Waals surface area (Å²) >= 11 is 7.19. The van der Waals surface area contributed by atoms with Crippen LogP contribution in [0.2, 0.25) is 5.02 Å². The predicted molar refractivity (Wildman–Crippen MR) is 106 cm³/mol. The van der Waals surface area contributed by atoms with Gasteiger partial charge < -0.3 is 11.2 Å². The van der Waals surface area contributed by atoms with E-state index in [4.69, 9.17) is 22.7 Å². The lowest BCUT2D eigenvalue weighted by Crippen LogP contribution is -2.23. The van der Waals surface area contributed by atoms with Gasteiger partial charge >= 0.3 is 0 Å². The molecule has 0 saturated carbocycles. The fourth-order valence-electron chi connectivity index (χ4n) is 2.27. The van der Waals surface area contributed by atoms with Crippen LogP contribution in [0.5, 0.6) is 0 Å². The standard InChI is InChI=1S/C18H15ClN6OS/c1-11(17(26)22-15-7-5-12(10-20)6-8-15)27-18-24-23-16(25(18)21)13-3-2-4-14(19)9-13/h2-9,11H,21H2,1H3,(H,22,26)/t11-/m1/s1. The van der Waals surface area contributed by atoms with Gasteiger partial charge in [-0.2, -0.15) is 5.26 Å². The second-order valence-corrected chi connectivity index (χ2v) is 7.37. The van der Waals surface area contributed by atoms with Gasteiger partial charge in [-0.3, -0.25) is 4.79 Å². The van der Waals surface area contributed by atoms with Crippen molar-refractivity contribution in [3.05, 3.63) is 59.1 Å². The Kier molecular flexibility index (Phi) is 5.64. The molecule has 0 fully saturated rings. The van der Waals surface area contributed by atoms with E-state index in [-0.39, 0.29) is 5.91 Å². The van der Waals surface area contributed by atoms with Gasteiger partial charge in [-0.15, -0.1) is 10.2 Å². The zero-order valence-electron chi connectivity index (χ0n) is 14.3. The minimum atomic E-state index is -0.459. The Bertz CT molecular complexity index is 1010. The van der Waals surface area contributed by atoms with Crippen molar-refractivity contribution < 1.29 is 4.79 Å². The average Bonchev–Trinajstić information content (AvgIpc) is 3.02. The molecule has 0 radical (unpaired) electrons. The molecule has 7 nitrogen and oxygen atoms in total. The van der Waals surface area contributed by atoms with Crippen molar-refractivity contribution in [2.75, 3.05) is 11.2 Å². The highest BCUT2D eigenvalue weighted by Crippen LogP contribution is 2.26. The largest absolute Gasteiger partial charge is 0.335 e. The van der Waals surface area contributed by atoms with E-state index < -0.39 is 5.25 Å². The smallest absolute Gasteiger partial charge is 0.237 e. The topological polar surface area (TPSA) is 110 Å². The van der Waals surface area contributed by atoms with Crippen LogP contribution in [-0.4, -0.2) is 26.0 Å². The van der Waals surface area contributed by atoms with Crippen molar-refractivity contribution in [2.45, 2.75) is 17.3 Å². The summed E-state index contributed by atoms with van der Waals surface area (Å²) in [4.78, 5) is 12.4. The summed E-state index contributed by atoms with van der Waals surface area (Å²) in [5.74, 6) is 6.33. The highest BCUT2D eigenvalue weighted by Gasteiger charge is 2.20. The first-order chi connectivity index (χ1) is 13.0. The van der Waals surface area contributed by atoms with Gasteiger partial charge in [-0.1, -0.05) is 35.5 Å². The molecule has 0 saturated heterocycles. The number of hydrogen-bond acceptors (Lipinski definition) is 6. The summed E-state index contributed by atoms with van der Waals surface area (Å²) in [5, 5.41) is 20.3. The monoisotopic (exact) mass is 398 g/mol. The average molecular weight is 399 g/mol. The van der Waals surface area contributed by atoms with Crippen LogP contribution in [0.1, 0.15) is 12.5 Å².